The Kier molecular flexibility index (Phi) is 1.24. The highest BCUT2D eigenvalue weighted by molar-refractivity contribution is 6.07. The van der Waals surface area contributed by atoms with Crippen LogP contribution in [0.4, 0.5) is 0 Å². The minimum absolute atomic E-state index is 0.809. The standard InChI is InChI=1S/C8H8N2/c1-2-4-8-7(3-1)5-9-6-10-8/h1-3,6H,4-5H2. The third-order valence-corrected chi connectivity index (χ3v) is 1.67. The second-order valence-electron chi connectivity index (χ2n) is 2.36. The molecule has 1 heterocycles. The summed E-state index contributed by atoms with van der Waals surface area (Å²) in [5.74, 6) is 0. The van der Waals surface area contributed by atoms with E-state index >= 15 is 0 Å². The van der Waals surface area contributed by atoms with E-state index in [9.17, 15) is 0 Å². The van der Waals surface area contributed by atoms with Gasteiger partial charge in [-0.05, 0) is 5.57 Å². The van der Waals surface area contributed by atoms with Gasteiger partial charge in [0, 0.05) is 6.42 Å². The monoisotopic (exact) mass is 132 g/mol. The lowest BCUT2D eigenvalue weighted by Gasteiger charge is -2.11. The molecule has 0 aromatic rings. The van der Waals surface area contributed by atoms with E-state index in [1.807, 2.05) is 0 Å². The number of fused-ring (bicyclic) bond motifs is 1. The van der Waals surface area contributed by atoms with Crippen molar-refractivity contribution in [3.05, 3.63) is 23.8 Å². The van der Waals surface area contributed by atoms with Gasteiger partial charge in [-0.3, -0.25) is 4.99 Å². The molecule has 2 heteroatoms. The molecule has 0 bridgehead atoms. The molecule has 0 amide bonds. The van der Waals surface area contributed by atoms with E-state index in [4.69, 9.17) is 0 Å². The molecule has 0 atom stereocenters. The topological polar surface area (TPSA) is 24.7 Å². The molecule has 2 rings (SSSR count). The molecule has 0 unspecified atom stereocenters. The van der Waals surface area contributed by atoms with Gasteiger partial charge in [-0.15, -0.1) is 0 Å². The van der Waals surface area contributed by atoms with Gasteiger partial charge in [0.05, 0.1) is 12.3 Å². The molecule has 1 aliphatic heterocycles. The Morgan fingerprint density at radius 1 is 1.40 bits per heavy atom. The summed E-state index contributed by atoms with van der Waals surface area (Å²) in [4.78, 5) is 8.20. The average molecular weight is 132 g/mol. The molecule has 1 aliphatic carbocycles. The van der Waals surface area contributed by atoms with Gasteiger partial charge < -0.3 is 0 Å². The summed E-state index contributed by atoms with van der Waals surface area (Å²) in [6.45, 7) is 0.809. The zero-order valence-corrected chi connectivity index (χ0v) is 5.62. The molecule has 0 saturated heterocycles. The minimum atomic E-state index is 0.809. The van der Waals surface area contributed by atoms with Crippen molar-refractivity contribution in [1.82, 2.24) is 0 Å². The lowest BCUT2D eigenvalue weighted by molar-refractivity contribution is 1.15. The number of hydrogen-bond acceptors (Lipinski definition) is 2. The van der Waals surface area contributed by atoms with Crippen LogP contribution in [0.3, 0.4) is 0 Å². The molecule has 0 radical (unpaired) electrons. The molecular weight excluding hydrogens is 124 g/mol. The first-order chi connectivity index (χ1) is 4.97. The van der Waals surface area contributed by atoms with Gasteiger partial charge >= 0.3 is 0 Å². The van der Waals surface area contributed by atoms with Gasteiger partial charge in [0.15, 0.2) is 0 Å². The van der Waals surface area contributed by atoms with Crippen LogP contribution in [0.2, 0.25) is 0 Å². The maximum Gasteiger partial charge on any atom is 0.110 e. The van der Waals surface area contributed by atoms with Crippen LogP contribution in [0.15, 0.2) is 33.8 Å². The number of allylic oxidation sites excluding steroid dienone is 3. The van der Waals surface area contributed by atoms with Crippen LogP contribution in [0.25, 0.3) is 0 Å². The summed E-state index contributed by atoms with van der Waals surface area (Å²) in [6.07, 6.45) is 8.87. The Morgan fingerprint density at radius 2 is 2.40 bits per heavy atom. The van der Waals surface area contributed by atoms with Gasteiger partial charge in [-0.1, -0.05) is 18.2 Å². The Morgan fingerprint density at radius 3 is 3.30 bits per heavy atom. The molecule has 0 aromatic carbocycles. The lowest BCUT2D eigenvalue weighted by atomic mass is 10.0. The van der Waals surface area contributed by atoms with Gasteiger partial charge in [-0.25, -0.2) is 4.99 Å². The summed E-state index contributed by atoms with van der Waals surface area (Å²) < 4.78 is 0. The predicted octanol–water partition coefficient (Wildman–Crippen LogP) is 1.36. The first kappa shape index (κ1) is 5.59. The number of hydrogen-bond donors (Lipinski definition) is 0. The number of rotatable bonds is 0. The smallest absolute Gasteiger partial charge is 0.110 e. The van der Waals surface area contributed by atoms with Crippen molar-refractivity contribution in [3.8, 4) is 0 Å². The molecule has 0 aromatic heterocycles. The molecular formula is C8H8N2. The van der Waals surface area contributed by atoms with Crippen LogP contribution < -0.4 is 0 Å². The molecule has 2 nitrogen and oxygen atoms in total. The largest absolute Gasteiger partial charge is 0.269 e. The van der Waals surface area contributed by atoms with Crippen LogP contribution >= 0.6 is 0 Å². The number of nitrogens with zero attached hydrogens (tertiary/aromatic N) is 2. The van der Waals surface area contributed by atoms with Crippen molar-refractivity contribution in [1.29, 1.82) is 0 Å². The molecule has 0 saturated carbocycles. The maximum atomic E-state index is 4.16. The molecule has 0 N–H and O–H groups in total. The normalized spacial score (nSPS) is 21.6. The highest BCUT2D eigenvalue weighted by atomic mass is 14.9. The van der Waals surface area contributed by atoms with E-state index in [0.29, 0.717) is 0 Å². The van der Waals surface area contributed by atoms with E-state index in [1.54, 1.807) is 6.34 Å². The van der Waals surface area contributed by atoms with Gasteiger partial charge in [0.2, 0.25) is 0 Å². The highest BCUT2D eigenvalue weighted by Crippen LogP contribution is 2.11. The second-order valence-corrected chi connectivity index (χ2v) is 2.36. The zero-order chi connectivity index (χ0) is 6.81. The van der Waals surface area contributed by atoms with E-state index in [1.165, 1.54) is 11.3 Å². The quantitative estimate of drug-likeness (QED) is 0.475. The summed E-state index contributed by atoms with van der Waals surface area (Å²) in [5.41, 5.74) is 2.45. The summed E-state index contributed by atoms with van der Waals surface area (Å²) in [5, 5.41) is 0. The lowest BCUT2D eigenvalue weighted by Crippen LogP contribution is -2.11. The first-order valence-corrected chi connectivity index (χ1v) is 3.38. The molecule has 0 fully saturated rings. The van der Waals surface area contributed by atoms with Crippen LogP contribution in [0, 0.1) is 0 Å². The fraction of sp³-hybridized carbons (Fsp3) is 0.250. The van der Waals surface area contributed by atoms with E-state index < -0.39 is 0 Å². The van der Waals surface area contributed by atoms with Crippen molar-refractivity contribution in [3.63, 3.8) is 0 Å². The number of aliphatic imine (C=N–C) groups is 2. The van der Waals surface area contributed by atoms with Crippen molar-refractivity contribution >= 4 is 12.1 Å². The maximum absolute atomic E-state index is 4.16. The third kappa shape index (κ3) is 0.817. The van der Waals surface area contributed by atoms with Gasteiger partial charge in [0.1, 0.15) is 6.34 Å². The summed E-state index contributed by atoms with van der Waals surface area (Å²) in [6, 6.07) is 0. The molecule has 10 heavy (non-hydrogen) atoms. The van der Waals surface area contributed by atoms with E-state index in [0.717, 1.165) is 13.0 Å². The SMILES string of the molecule is C1=CCC2=NC=NCC2=C1. The predicted molar refractivity (Wildman–Crippen MR) is 42.6 cm³/mol. The first-order valence-electron chi connectivity index (χ1n) is 3.38. The van der Waals surface area contributed by atoms with E-state index in [2.05, 4.69) is 28.2 Å². The van der Waals surface area contributed by atoms with Crippen LogP contribution in [-0.2, 0) is 0 Å². The summed E-state index contributed by atoms with van der Waals surface area (Å²) in [7, 11) is 0. The Bertz CT molecular complexity index is 228. The molecule has 0 spiro atoms. The van der Waals surface area contributed by atoms with Gasteiger partial charge in [-0.2, -0.15) is 0 Å². The fourth-order valence-corrected chi connectivity index (χ4v) is 1.12. The van der Waals surface area contributed by atoms with Gasteiger partial charge in [0.25, 0.3) is 0 Å². The molecule has 50 valence electrons. The van der Waals surface area contributed by atoms with Crippen LogP contribution in [-0.4, -0.2) is 18.6 Å². The summed E-state index contributed by atoms with van der Waals surface area (Å²) >= 11 is 0. The zero-order valence-electron chi connectivity index (χ0n) is 5.62. The Balaban J connectivity index is 2.38. The molecule has 2 aliphatic rings. The minimum Gasteiger partial charge on any atom is -0.269 e. The van der Waals surface area contributed by atoms with Crippen molar-refractivity contribution in [2.24, 2.45) is 9.98 Å². The fourth-order valence-electron chi connectivity index (χ4n) is 1.12. The van der Waals surface area contributed by atoms with Crippen molar-refractivity contribution in [2.45, 2.75) is 6.42 Å². The second kappa shape index (κ2) is 2.21. The third-order valence-electron chi connectivity index (χ3n) is 1.67. The van der Waals surface area contributed by atoms with Crippen molar-refractivity contribution in [2.75, 3.05) is 6.54 Å². The average Bonchev–Trinajstić information content (AvgIpc) is 2.05. The Labute approximate surface area is 59.7 Å². The van der Waals surface area contributed by atoms with Crippen molar-refractivity contribution < 1.29 is 0 Å². The Hall–Kier alpha value is -1.18. The van der Waals surface area contributed by atoms with Crippen LogP contribution in [0.5, 0.6) is 0 Å². The highest BCUT2D eigenvalue weighted by Gasteiger charge is 2.08. The van der Waals surface area contributed by atoms with E-state index in [-0.39, 0.29) is 0 Å². The van der Waals surface area contributed by atoms with Crippen LogP contribution in [0.1, 0.15) is 6.42 Å².